The summed E-state index contributed by atoms with van der Waals surface area (Å²) >= 11 is 0. The first-order valence-corrected chi connectivity index (χ1v) is 23.8. The third kappa shape index (κ3) is 17.2. The molecule has 0 aliphatic carbocycles. The normalized spacial score (nSPS) is 15.1. The molecular formula is C44H75ClN16O5. The number of aryl methyl sites for hydroxylation is 2. The molecule has 5 N–H and O–H groups in total. The number of nitrogens with two attached hydrogens (primary N) is 2. The van der Waals surface area contributed by atoms with Gasteiger partial charge in [0.15, 0.2) is 0 Å². The summed E-state index contributed by atoms with van der Waals surface area (Å²) in [5.74, 6) is 3.95. The van der Waals surface area contributed by atoms with E-state index in [1.54, 1.807) is 9.36 Å². The van der Waals surface area contributed by atoms with Crippen molar-refractivity contribution in [2.75, 3.05) is 127 Å². The highest BCUT2D eigenvalue weighted by atomic mass is 35.5. The number of rotatable bonds is 31. The van der Waals surface area contributed by atoms with Gasteiger partial charge in [0.2, 0.25) is 29.7 Å². The topological polar surface area (TPSA) is 239 Å². The van der Waals surface area contributed by atoms with E-state index in [-0.39, 0.29) is 30.8 Å². The van der Waals surface area contributed by atoms with Crippen molar-refractivity contribution < 1.29 is 23.8 Å². The monoisotopic (exact) mass is 943 g/mol. The van der Waals surface area contributed by atoms with Gasteiger partial charge in [-0.1, -0.05) is 43.0 Å². The summed E-state index contributed by atoms with van der Waals surface area (Å²) in [6.07, 6.45) is 19.5. The molecule has 5 rings (SSSR count). The van der Waals surface area contributed by atoms with Crippen molar-refractivity contribution in [2.45, 2.75) is 103 Å². The van der Waals surface area contributed by atoms with E-state index >= 15 is 0 Å². The molecule has 2 amide bonds. The average molecular weight is 944 g/mol. The number of piperazine rings is 2. The molecule has 2 aliphatic rings. The molecule has 0 radical (unpaired) electrons. The fourth-order valence-electron chi connectivity index (χ4n) is 7.78. The van der Waals surface area contributed by atoms with Gasteiger partial charge >= 0.3 is 0 Å². The molecule has 22 heteroatoms. The molecule has 2 aliphatic heterocycles. The molecule has 368 valence electrons. The van der Waals surface area contributed by atoms with Gasteiger partial charge in [0.25, 0.3) is 0 Å². The summed E-state index contributed by atoms with van der Waals surface area (Å²) in [5, 5.41) is 20.9. The third-order valence-electron chi connectivity index (χ3n) is 11.6. The van der Waals surface area contributed by atoms with Gasteiger partial charge in [-0.25, -0.2) is 9.36 Å². The maximum atomic E-state index is 14.1. The fourth-order valence-corrected chi connectivity index (χ4v) is 7.78. The van der Waals surface area contributed by atoms with Crippen LogP contribution in [-0.4, -0.2) is 178 Å². The van der Waals surface area contributed by atoms with Gasteiger partial charge in [-0.3, -0.25) is 9.59 Å². The van der Waals surface area contributed by atoms with E-state index in [4.69, 9.17) is 47.1 Å². The molecule has 0 saturated carbocycles. The first kappa shape index (κ1) is 53.9. The maximum absolute atomic E-state index is 14.1. The minimum Gasteiger partial charge on any atom is -0.377 e. The molecule has 0 spiro atoms. The van der Waals surface area contributed by atoms with Gasteiger partial charge in [-0.05, 0) is 77.3 Å². The Bertz CT molecular complexity index is 1750. The number of halogens is 1. The smallest absolute Gasteiger partial charge is 0.247 e. The van der Waals surface area contributed by atoms with Crippen molar-refractivity contribution in [1.82, 2.24) is 54.7 Å². The minimum absolute atomic E-state index is 0. The summed E-state index contributed by atoms with van der Waals surface area (Å²) in [7, 11) is 0. The summed E-state index contributed by atoms with van der Waals surface area (Å²) in [5.41, 5.74) is 13.4. The number of anilines is 3. The Kier molecular flexibility index (Phi) is 24.9. The zero-order chi connectivity index (χ0) is 46.1. The molecule has 2 fully saturated rings. The molecule has 2 atom stereocenters. The molecular weight excluding hydrogens is 868 g/mol. The van der Waals surface area contributed by atoms with Crippen LogP contribution in [0.1, 0.15) is 102 Å². The molecule has 66 heavy (non-hydrogen) atoms. The van der Waals surface area contributed by atoms with Crippen LogP contribution < -0.4 is 26.6 Å². The van der Waals surface area contributed by atoms with Crippen molar-refractivity contribution in [3.8, 4) is 12.3 Å². The molecule has 0 unspecified atom stereocenters. The van der Waals surface area contributed by atoms with Crippen LogP contribution in [0.15, 0.2) is 12.4 Å². The summed E-state index contributed by atoms with van der Waals surface area (Å²) < 4.78 is 20.0. The first-order valence-electron chi connectivity index (χ1n) is 23.8. The van der Waals surface area contributed by atoms with Crippen molar-refractivity contribution in [3.05, 3.63) is 23.8 Å². The number of ether oxygens (including phenoxy) is 3. The lowest BCUT2D eigenvalue weighted by Gasteiger charge is -2.38. The van der Waals surface area contributed by atoms with Crippen LogP contribution in [0.4, 0.5) is 17.8 Å². The SMILES string of the molecule is C#CCOCCOCCOCCNc1nc(N2CCN(C(=O)[C@H](CCCCN)n3cc(CCCC)nn3)CC2)nc(N2CCN(C(=O)[C@H](CCCCN)n3cc(CCCC)nn3)CC2)n1.Cl. The van der Waals surface area contributed by atoms with Crippen molar-refractivity contribution in [3.63, 3.8) is 0 Å². The molecule has 5 heterocycles. The van der Waals surface area contributed by atoms with Crippen molar-refractivity contribution in [1.29, 1.82) is 0 Å². The van der Waals surface area contributed by atoms with Gasteiger partial charge in [0.1, 0.15) is 18.7 Å². The Labute approximate surface area is 396 Å². The number of hydrogen-bond donors (Lipinski definition) is 3. The number of carbonyl (C=O) groups is 2. The van der Waals surface area contributed by atoms with Crippen molar-refractivity contribution in [2.24, 2.45) is 11.5 Å². The highest BCUT2D eigenvalue weighted by molar-refractivity contribution is 5.85. The number of aromatic nitrogens is 9. The van der Waals surface area contributed by atoms with Crippen LogP contribution in [0.2, 0.25) is 0 Å². The number of terminal acetylenes is 1. The average Bonchev–Trinajstić information content (AvgIpc) is 4.02. The van der Waals surface area contributed by atoms with E-state index in [9.17, 15) is 9.59 Å². The second-order valence-electron chi connectivity index (χ2n) is 16.5. The van der Waals surface area contributed by atoms with Crippen LogP contribution in [0.3, 0.4) is 0 Å². The van der Waals surface area contributed by atoms with E-state index in [1.807, 2.05) is 22.2 Å². The largest absolute Gasteiger partial charge is 0.377 e. The summed E-state index contributed by atoms with van der Waals surface area (Å²) in [6.45, 7) is 12.5. The van der Waals surface area contributed by atoms with E-state index in [0.29, 0.717) is 136 Å². The molecule has 2 saturated heterocycles. The lowest BCUT2D eigenvalue weighted by atomic mass is 10.1. The Morgan fingerprint density at radius 2 is 1.12 bits per heavy atom. The lowest BCUT2D eigenvalue weighted by molar-refractivity contribution is -0.136. The maximum Gasteiger partial charge on any atom is 0.247 e. The number of carbonyl (C=O) groups excluding carboxylic acids is 2. The van der Waals surface area contributed by atoms with Gasteiger partial charge in [0.05, 0.1) is 44.4 Å². The van der Waals surface area contributed by atoms with Gasteiger partial charge in [-0.15, -0.1) is 29.0 Å². The number of nitrogens with one attached hydrogen (secondary N) is 1. The Balaban J connectivity index is 0.00000952. The van der Waals surface area contributed by atoms with Crippen LogP contribution in [-0.2, 0) is 36.6 Å². The van der Waals surface area contributed by atoms with Crippen LogP contribution in [0.5, 0.6) is 0 Å². The van der Waals surface area contributed by atoms with Gasteiger partial charge < -0.3 is 50.6 Å². The number of hydrogen-bond acceptors (Lipinski definition) is 17. The predicted octanol–water partition coefficient (Wildman–Crippen LogP) is 2.29. The Morgan fingerprint density at radius 3 is 1.56 bits per heavy atom. The van der Waals surface area contributed by atoms with E-state index in [1.165, 1.54) is 0 Å². The molecule has 3 aromatic heterocycles. The first-order chi connectivity index (χ1) is 31.9. The van der Waals surface area contributed by atoms with E-state index < -0.39 is 12.1 Å². The Hall–Kier alpha value is -4.72. The van der Waals surface area contributed by atoms with Gasteiger partial charge in [-0.2, -0.15) is 15.0 Å². The van der Waals surface area contributed by atoms with Crippen LogP contribution in [0.25, 0.3) is 0 Å². The van der Waals surface area contributed by atoms with Crippen LogP contribution in [0, 0.1) is 12.3 Å². The zero-order valence-electron chi connectivity index (χ0n) is 39.3. The van der Waals surface area contributed by atoms with E-state index in [2.05, 4.69) is 55.5 Å². The van der Waals surface area contributed by atoms with E-state index in [0.717, 1.165) is 75.6 Å². The van der Waals surface area contributed by atoms with Crippen LogP contribution >= 0.6 is 12.4 Å². The Morgan fingerprint density at radius 1 is 0.667 bits per heavy atom. The highest BCUT2D eigenvalue weighted by Crippen LogP contribution is 2.25. The predicted molar refractivity (Wildman–Crippen MR) is 256 cm³/mol. The highest BCUT2D eigenvalue weighted by Gasteiger charge is 2.33. The molecule has 21 nitrogen and oxygen atoms in total. The second-order valence-corrected chi connectivity index (χ2v) is 16.5. The third-order valence-corrected chi connectivity index (χ3v) is 11.6. The second kappa shape index (κ2) is 30.5. The minimum atomic E-state index is -0.441. The number of nitrogens with zero attached hydrogens (tertiary/aromatic N) is 13. The molecule has 0 aromatic carbocycles. The fraction of sp³-hybridized carbons (Fsp3) is 0.750. The lowest BCUT2D eigenvalue weighted by Crippen LogP contribution is -2.52. The summed E-state index contributed by atoms with van der Waals surface area (Å²) in [6, 6.07) is -0.882. The number of amides is 2. The number of unbranched alkanes of at least 4 members (excludes halogenated alkanes) is 4. The quantitative estimate of drug-likeness (QED) is 0.0620. The van der Waals surface area contributed by atoms with Crippen molar-refractivity contribution >= 4 is 42.1 Å². The van der Waals surface area contributed by atoms with Gasteiger partial charge in [0, 0.05) is 71.3 Å². The zero-order valence-corrected chi connectivity index (χ0v) is 40.1. The summed E-state index contributed by atoms with van der Waals surface area (Å²) in [4.78, 5) is 50.9. The molecule has 0 bridgehead atoms. The molecule has 3 aromatic rings. The standard InChI is InChI=1S/C44H74N16O5.ClH/c1-4-7-13-36-34-59(53-51-36)38(15-9-11-17-45)40(61)55-20-24-57(25-21-55)43-48-42(47-19-29-64-31-33-65-32-30-63-28-6-3)49-44(50-43)58-26-22-56(23-27-58)41(62)39(16-10-12-18-46)60-35-37(52-54-60)14-8-5-2;/h3,34-35,38-39H,4-5,7-33,45-46H2,1-2H3,(H,47,48,49,50);1H/t38-,39-;/m0./s1.